The summed E-state index contributed by atoms with van der Waals surface area (Å²) >= 11 is 0. The van der Waals surface area contributed by atoms with Crippen LogP contribution in [0.1, 0.15) is 25.0 Å². The molecule has 2 N–H and O–H groups in total. The van der Waals surface area contributed by atoms with Gasteiger partial charge in [-0.2, -0.15) is 5.26 Å². The largest absolute Gasteiger partial charge is 0.490 e. The minimum Gasteiger partial charge on any atom is -0.490 e. The zero-order valence-corrected chi connectivity index (χ0v) is 19.3. The first-order valence-corrected chi connectivity index (χ1v) is 10.8. The summed E-state index contributed by atoms with van der Waals surface area (Å²) in [5, 5.41) is 14.8. The molecule has 3 aromatic rings. The molecule has 8 heteroatoms. The third-order valence-corrected chi connectivity index (χ3v) is 4.71. The van der Waals surface area contributed by atoms with Crippen LogP contribution in [0, 0.1) is 17.1 Å². The topological polar surface area (TPSA) is 100 Å². The molecular weight excluding hydrogens is 449 g/mol. The van der Waals surface area contributed by atoms with Crippen LogP contribution in [0.4, 0.5) is 15.8 Å². The van der Waals surface area contributed by atoms with Crippen molar-refractivity contribution in [3.63, 3.8) is 0 Å². The van der Waals surface area contributed by atoms with Gasteiger partial charge in [0.05, 0.1) is 6.61 Å². The summed E-state index contributed by atoms with van der Waals surface area (Å²) in [5.41, 5.74) is 2.35. The van der Waals surface area contributed by atoms with E-state index in [0.29, 0.717) is 35.0 Å². The SMILES string of the molecule is CCOc1cc(/C=C(\C#N)C(=O)Nc2ccc(NC(C)=O)cc2)ccc1OCc1ccc(F)cc1. The number of ether oxygens (including phenoxy) is 2. The van der Waals surface area contributed by atoms with E-state index in [1.54, 1.807) is 54.6 Å². The monoisotopic (exact) mass is 473 g/mol. The number of carbonyl (C=O) groups excluding carboxylic acids is 2. The van der Waals surface area contributed by atoms with Crippen molar-refractivity contribution in [1.82, 2.24) is 0 Å². The van der Waals surface area contributed by atoms with E-state index >= 15 is 0 Å². The molecule has 0 atom stereocenters. The Morgan fingerprint density at radius 3 is 2.20 bits per heavy atom. The highest BCUT2D eigenvalue weighted by molar-refractivity contribution is 6.09. The minimum absolute atomic E-state index is 0.0987. The summed E-state index contributed by atoms with van der Waals surface area (Å²) in [6, 6.07) is 19.5. The van der Waals surface area contributed by atoms with Gasteiger partial charge in [-0.1, -0.05) is 18.2 Å². The fraction of sp³-hybridized carbons (Fsp3) is 0.148. The van der Waals surface area contributed by atoms with Crippen LogP contribution < -0.4 is 20.1 Å². The minimum atomic E-state index is -0.575. The van der Waals surface area contributed by atoms with Crippen LogP contribution in [0.2, 0.25) is 0 Å². The molecule has 0 saturated heterocycles. The zero-order chi connectivity index (χ0) is 25.2. The van der Waals surface area contributed by atoms with Crippen molar-refractivity contribution in [2.45, 2.75) is 20.5 Å². The second kappa shape index (κ2) is 12.0. The van der Waals surface area contributed by atoms with Crippen molar-refractivity contribution in [2.24, 2.45) is 0 Å². The van der Waals surface area contributed by atoms with Gasteiger partial charge < -0.3 is 20.1 Å². The van der Waals surface area contributed by atoms with Crippen LogP contribution in [-0.2, 0) is 16.2 Å². The molecule has 0 unspecified atom stereocenters. The van der Waals surface area contributed by atoms with Crippen molar-refractivity contribution in [2.75, 3.05) is 17.2 Å². The lowest BCUT2D eigenvalue weighted by Gasteiger charge is -2.13. The summed E-state index contributed by atoms with van der Waals surface area (Å²) in [4.78, 5) is 23.7. The molecular formula is C27H24FN3O4. The lowest BCUT2D eigenvalue weighted by atomic mass is 10.1. The van der Waals surface area contributed by atoms with Gasteiger partial charge in [-0.15, -0.1) is 0 Å². The van der Waals surface area contributed by atoms with E-state index in [-0.39, 0.29) is 23.9 Å². The van der Waals surface area contributed by atoms with Gasteiger partial charge in [-0.05, 0) is 72.7 Å². The van der Waals surface area contributed by atoms with E-state index in [0.717, 1.165) is 5.56 Å². The van der Waals surface area contributed by atoms with Gasteiger partial charge in [0.15, 0.2) is 11.5 Å². The number of nitriles is 1. The summed E-state index contributed by atoms with van der Waals surface area (Å²) in [6.07, 6.45) is 1.45. The number of benzene rings is 3. The average Bonchev–Trinajstić information content (AvgIpc) is 2.84. The second-order valence-electron chi connectivity index (χ2n) is 7.44. The van der Waals surface area contributed by atoms with Gasteiger partial charge in [0.2, 0.25) is 5.91 Å². The smallest absolute Gasteiger partial charge is 0.266 e. The fourth-order valence-corrected chi connectivity index (χ4v) is 3.10. The number of nitrogens with one attached hydrogen (secondary N) is 2. The predicted octanol–water partition coefficient (Wildman–Crippen LogP) is 5.31. The maximum absolute atomic E-state index is 13.1. The van der Waals surface area contributed by atoms with Crippen molar-refractivity contribution >= 4 is 29.3 Å². The van der Waals surface area contributed by atoms with Crippen LogP contribution in [0.15, 0.2) is 72.3 Å². The molecule has 3 aromatic carbocycles. The molecule has 0 bridgehead atoms. The van der Waals surface area contributed by atoms with E-state index in [1.807, 2.05) is 13.0 Å². The normalized spacial score (nSPS) is 10.7. The van der Waals surface area contributed by atoms with Crippen LogP contribution in [0.3, 0.4) is 0 Å². The van der Waals surface area contributed by atoms with E-state index in [1.165, 1.54) is 25.1 Å². The molecule has 178 valence electrons. The molecule has 0 aliphatic heterocycles. The fourth-order valence-electron chi connectivity index (χ4n) is 3.10. The zero-order valence-electron chi connectivity index (χ0n) is 19.3. The molecule has 35 heavy (non-hydrogen) atoms. The average molecular weight is 474 g/mol. The Morgan fingerprint density at radius 1 is 0.943 bits per heavy atom. The van der Waals surface area contributed by atoms with E-state index in [9.17, 15) is 19.2 Å². The molecule has 0 heterocycles. The molecule has 0 spiro atoms. The Balaban J connectivity index is 1.73. The molecule has 0 aliphatic rings. The van der Waals surface area contributed by atoms with E-state index < -0.39 is 5.91 Å². The maximum atomic E-state index is 13.1. The Hall–Kier alpha value is -4.64. The highest BCUT2D eigenvalue weighted by atomic mass is 19.1. The summed E-state index contributed by atoms with van der Waals surface area (Å²) < 4.78 is 24.6. The molecule has 0 aromatic heterocycles. The number of carbonyl (C=O) groups is 2. The standard InChI is InChI=1S/C27H24FN3O4/c1-3-34-26-15-20(6-13-25(26)35-17-19-4-7-22(28)8-5-19)14-21(16-29)27(33)31-24-11-9-23(10-12-24)30-18(2)32/h4-15H,3,17H2,1-2H3,(H,30,32)(H,31,33)/b21-14+. The molecule has 2 amide bonds. The van der Waals surface area contributed by atoms with Crippen molar-refractivity contribution < 1.29 is 23.5 Å². The highest BCUT2D eigenvalue weighted by Crippen LogP contribution is 2.30. The number of amides is 2. The van der Waals surface area contributed by atoms with E-state index in [4.69, 9.17) is 9.47 Å². The molecule has 0 aliphatic carbocycles. The summed E-state index contributed by atoms with van der Waals surface area (Å²) in [6.45, 7) is 3.85. The maximum Gasteiger partial charge on any atom is 0.266 e. The van der Waals surface area contributed by atoms with E-state index in [2.05, 4.69) is 10.6 Å². The number of hydrogen-bond acceptors (Lipinski definition) is 5. The van der Waals surface area contributed by atoms with Crippen molar-refractivity contribution in [3.8, 4) is 17.6 Å². The molecule has 0 saturated carbocycles. The number of rotatable bonds is 9. The molecule has 0 fully saturated rings. The lowest BCUT2D eigenvalue weighted by molar-refractivity contribution is -0.114. The third kappa shape index (κ3) is 7.44. The van der Waals surface area contributed by atoms with Gasteiger partial charge in [-0.3, -0.25) is 9.59 Å². The number of nitrogens with zero attached hydrogens (tertiary/aromatic N) is 1. The first-order valence-electron chi connectivity index (χ1n) is 10.8. The Labute approximate surface area is 202 Å². The van der Waals surface area contributed by atoms with Crippen LogP contribution >= 0.6 is 0 Å². The first-order chi connectivity index (χ1) is 16.9. The highest BCUT2D eigenvalue weighted by Gasteiger charge is 2.12. The second-order valence-corrected chi connectivity index (χ2v) is 7.44. The predicted molar refractivity (Wildman–Crippen MR) is 131 cm³/mol. The number of hydrogen-bond donors (Lipinski definition) is 2. The van der Waals surface area contributed by atoms with Crippen LogP contribution in [-0.4, -0.2) is 18.4 Å². The Morgan fingerprint density at radius 2 is 1.60 bits per heavy atom. The Kier molecular flexibility index (Phi) is 8.57. The number of anilines is 2. The van der Waals surface area contributed by atoms with Gasteiger partial charge in [0.1, 0.15) is 24.1 Å². The van der Waals surface area contributed by atoms with Gasteiger partial charge in [-0.25, -0.2) is 4.39 Å². The van der Waals surface area contributed by atoms with Crippen molar-refractivity contribution in [3.05, 3.63) is 89.2 Å². The van der Waals surface area contributed by atoms with Gasteiger partial charge in [0, 0.05) is 18.3 Å². The molecule has 0 radical (unpaired) electrons. The summed E-state index contributed by atoms with van der Waals surface area (Å²) in [5.74, 6) is -0.159. The van der Waals surface area contributed by atoms with Gasteiger partial charge in [0.25, 0.3) is 5.91 Å². The first kappa shape index (κ1) is 25.0. The number of halogens is 1. The van der Waals surface area contributed by atoms with Crippen LogP contribution in [0.5, 0.6) is 11.5 Å². The Bertz CT molecular complexity index is 1260. The quantitative estimate of drug-likeness (QED) is 0.324. The third-order valence-electron chi connectivity index (χ3n) is 4.71. The lowest BCUT2D eigenvalue weighted by Crippen LogP contribution is -2.13. The van der Waals surface area contributed by atoms with Crippen LogP contribution in [0.25, 0.3) is 6.08 Å². The molecule has 7 nitrogen and oxygen atoms in total. The summed E-state index contributed by atoms with van der Waals surface area (Å²) in [7, 11) is 0. The van der Waals surface area contributed by atoms with Gasteiger partial charge >= 0.3 is 0 Å². The molecule has 3 rings (SSSR count). The van der Waals surface area contributed by atoms with Crippen molar-refractivity contribution in [1.29, 1.82) is 5.26 Å².